The highest BCUT2D eigenvalue weighted by Gasteiger charge is 2.32. The molecule has 0 unspecified atom stereocenters. The van der Waals surface area contributed by atoms with Crippen molar-refractivity contribution in [3.05, 3.63) is 35.4 Å². The summed E-state index contributed by atoms with van der Waals surface area (Å²) in [7, 11) is 0. The molecule has 82 valence electrons. The first-order chi connectivity index (χ1) is 6.91. The van der Waals surface area contributed by atoms with E-state index in [4.69, 9.17) is 39.5 Å². The third-order valence-electron chi connectivity index (χ3n) is 1.85. The normalized spacial score (nSPS) is 11.2. The molecule has 15 heavy (non-hydrogen) atoms. The smallest absolute Gasteiger partial charge is 0.358 e. The number of esters is 1. The van der Waals surface area contributed by atoms with Crippen molar-refractivity contribution in [1.82, 2.24) is 0 Å². The number of halogens is 3. The van der Waals surface area contributed by atoms with Crippen LogP contribution in [0.25, 0.3) is 0 Å². The van der Waals surface area contributed by atoms with Crippen LogP contribution in [0, 0.1) is 6.92 Å². The topological polar surface area (TPSA) is 26.3 Å². The minimum atomic E-state index is -2.01. The number of aryl methyl sites for hydroxylation is 1. The van der Waals surface area contributed by atoms with Crippen LogP contribution in [0.15, 0.2) is 24.3 Å². The van der Waals surface area contributed by atoms with Gasteiger partial charge in [0.1, 0.15) is 6.61 Å². The minimum Gasteiger partial charge on any atom is -0.458 e. The molecule has 0 bridgehead atoms. The number of hydrogen-bond donors (Lipinski definition) is 0. The van der Waals surface area contributed by atoms with Gasteiger partial charge in [0.2, 0.25) is 0 Å². The van der Waals surface area contributed by atoms with Gasteiger partial charge in [0, 0.05) is 0 Å². The van der Waals surface area contributed by atoms with Crippen LogP contribution in [0.4, 0.5) is 0 Å². The standard InChI is InChI=1S/C10H9Cl3O2/c1-7-4-2-3-5-8(7)6-15-9(14)10(11,12)13/h2-5H,6H2,1H3. The van der Waals surface area contributed by atoms with E-state index in [1.807, 2.05) is 31.2 Å². The second-order valence-electron chi connectivity index (χ2n) is 3.00. The van der Waals surface area contributed by atoms with Crippen molar-refractivity contribution >= 4 is 40.8 Å². The maximum Gasteiger partial charge on any atom is 0.358 e. The second kappa shape index (κ2) is 5.06. The lowest BCUT2D eigenvalue weighted by atomic mass is 10.1. The molecule has 0 aliphatic carbocycles. The summed E-state index contributed by atoms with van der Waals surface area (Å²) in [4.78, 5) is 11.1. The van der Waals surface area contributed by atoms with Crippen LogP contribution in [0.1, 0.15) is 11.1 Å². The molecule has 0 fully saturated rings. The number of rotatable bonds is 2. The zero-order valence-electron chi connectivity index (χ0n) is 7.97. The molecule has 1 rings (SSSR count). The third-order valence-corrected chi connectivity index (χ3v) is 2.31. The second-order valence-corrected chi connectivity index (χ2v) is 5.28. The fraction of sp³-hybridized carbons (Fsp3) is 0.300. The van der Waals surface area contributed by atoms with E-state index >= 15 is 0 Å². The molecule has 0 aliphatic rings. The third kappa shape index (κ3) is 3.90. The van der Waals surface area contributed by atoms with Crippen LogP contribution in [-0.2, 0) is 16.1 Å². The maximum absolute atomic E-state index is 11.1. The number of ether oxygens (including phenoxy) is 1. The lowest BCUT2D eigenvalue weighted by molar-refractivity contribution is -0.143. The lowest BCUT2D eigenvalue weighted by Crippen LogP contribution is -2.21. The average molecular weight is 268 g/mol. The summed E-state index contributed by atoms with van der Waals surface area (Å²) in [5.41, 5.74) is 1.91. The zero-order chi connectivity index (χ0) is 11.5. The van der Waals surface area contributed by atoms with Crippen LogP contribution in [0.2, 0.25) is 0 Å². The predicted octanol–water partition coefficient (Wildman–Crippen LogP) is 3.41. The number of hydrogen-bond acceptors (Lipinski definition) is 2. The van der Waals surface area contributed by atoms with E-state index < -0.39 is 9.76 Å². The van der Waals surface area contributed by atoms with E-state index in [0.29, 0.717) is 0 Å². The monoisotopic (exact) mass is 266 g/mol. The summed E-state index contributed by atoms with van der Waals surface area (Å²) in [5.74, 6) is -0.865. The van der Waals surface area contributed by atoms with E-state index in [1.165, 1.54) is 0 Å². The van der Waals surface area contributed by atoms with Crippen molar-refractivity contribution in [3.8, 4) is 0 Å². The van der Waals surface area contributed by atoms with Gasteiger partial charge in [0.05, 0.1) is 0 Å². The molecule has 0 saturated heterocycles. The van der Waals surface area contributed by atoms with Gasteiger partial charge in [-0.1, -0.05) is 59.1 Å². The highest BCUT2D eigenvalue weighted by molar-refractivity contribution is 6.75. The van der Waals surface area contributed by atoms with Gasteiger partial charge in [0.25, 0.3) is 3.79 Å². The molecular weight excluding hydrogens is 258 g/mol. The summed E-state index contributed by atoms with van der Waals surface area (Å²) in [6, 6.07) is 7.51. The quantitative estimate of drug-likeness (QED) is 0.606. The van der Waals surface area contributed by atoms with Crippen LogP contribution >= 0.6 is 34.8 Å². The van der Waals surface area contributed by atoms with Gasteiger partial charge < -0.3 is 4.74 Å². The fourth-order valence-corrected chi connectivity index (χ4v) is 1.16. The van der Waals surface area contributed by atoms with Gasteiger partial charge in [-0.25, -0.2) is 4.79 Å². The first-order valence-electron chi connectivity index (χ1n) is 4.19. The maximum atomic E-state index is 11.1. The summed E-state index contributed by atoms with van der Waals surface area (Å²) >= 11 is 16.0. The number of alkyl halides is 3. The largest absolute Gasteiger partial charge is 0.458 e. The predicted molar refractivity (Wildman–Crippen MR) is 61.3 cm³/mol. The Kier molecular flexibility index (Phi) is 4.26. The molecule has 0 radical (unpaired) electrons. The zero-order valence-corrected chi connectivity index (χ0v) is 10.2. The minimum absolute atomic E-state index is 0.111. The van der Waals surface area contributed by atoms with Gasteiger partial charge in [-0.05, 0) is 18.1 Å². The molecule has 0 aliphatic heterocycles. The van der Waals surface area contributed by atoms with Gasteiger partial charge >= 0.3 is 5.97 Å². The molecule has 0 heterocycles. The van der Waals surface area contributed by atoms with Crippen molar-refractivity contribution in [2.24, 2.45) is 0 Å². The summed E-state index contributed by atoms with van der Waals surface area (Å²) in [6.07, 6.45) is 0. The Balaban J connectivity index is 2.59. The Bertz CT molecular complexity index is 358. The highest BCUT2D eigenvalue weighted by Crippen LogP contribution is 2.27. The summed E-state index contributed by atoms with van der Waals surface area (Å²) in [5, 5.41) is 0. The van der Waals surface area contributed by atoms with E-state index in [9.17, 15) is 4.79 Å². The van der Waals surface area contributed by atoms with E-state index in [0.717, 1.165) is 11.1 Å². The van der Waals surface area contributed by atoms with Crippen molar-refractivity contribution in [2.45, 2.75) is 17.3 Å². The first-order valence-corrected chi connectivity index (χ1v) is 5.33. The molecule has 0 spiro atoms. The van der Waals surface area contributed by atoms with Crippen LogP contribution in [-0.4, -0.2) is 9.76 Å². The molecule has 5 heteroatoms. The van der Waals surface area contributed by atoms with E-state index in [-0.39, 0.29) is 6.61 Å². The number of benzene rings is 1. The Morgan fingerprint density at radius 3 is 2.47 bits per heavy atom. The Hall–Kier alpha value is -0.440. The Labute approximate surface area is 103 Å². The molecule has 1 aromatic carbocycles. The van der Waals surface area contributed by atoms with Crippen molar-refractivity contribution < 1.29 is 9.53 Å². The van der Waals surface area contributed by atoms with E-state index in [2.05, 4.69) is 0 Å². The summed E-state index contributed by atoms with van der Waals surface area (Å²) < 4.78 is 2.83. The lowest BCUT2D eigenvalue weighted by Gasteiger charge is -2.11. The van der Waals surface area contributed by atoms with Gasteiger partial charge in [0.15, 0.2) is 0 Å². The molecule has 2 nitrogen and oxygen atoms in total. The fourth-order valence-electron chi connectivity index (χ4n) is 0.997. The number of carbonyl (C=O) groups excluding carboxylic acids is 1. The molecule has 0 aromatic heterocycles. The van der Waals surface area contributed by atoms with Gasteiger partial charge in [-0.3, -0.25) is 0 Å². The molecule has 0 amide bonds. The highest BCUT2D eigenvalue weighted by atomic mass is 35.6. The van der Waals surface area contributed by atoms with Crippen LogP contribution in [0.5, 0.6) is 0 Å². The van der Waals surface area contributed by atoms with Crippen LogP contribution in [0.3, 0.4) is 0 Å². The number of carbonyl (C=O) groups is 1. The average Bonchev–Trinajstić information content (AvgIpc) is 2.14. The first kappa shape index (κ1) is 12.6. The van der Waals surface area contributed by atoms with Crippen molar-refractivity contribution in [1.29, 1.82) is 0 Å². The van der Waals surface area contributed by atoms with Crippen LogP contribution < -0.4 is 0 Å². The SMILES string of the molecule is Cc1ccccc1COC(=O)C(Cl)(Cl)Cl. The van der Waals surface area contributed by atoms with Gasteiger partial charge in [-0.2, -0.15) is 0 Å². The molecule has 0 atom stereocenters. The van der Waals surface area contributed by atoms with Gasteiger partial charge in [-0.15, -0.1) is 0 Å². The molecule has 0 N–H and O–H groups in total. The molecule has 0 saturated carbocycles. The molecule has 1 aromatic rings. The van der Waals surface area contributed by atoms with E-state index in [1.54, 1.807) is 0 Å². The summed E-state index contributed by atoms with van der Waals surface area (Å²) in [6.45, 7) is 2.03. The van der Waals surface area contributed by atoms with Crippen molar-refractivity contribution in [3.63, 3.8) is 0 Å². The Morgan fingerprint density at radius 1 is 1.33 bits per heavy atom. The molecular formula is C10H9Cl3O2. The van der Waals surface area contributed by atoms with Crippen molar-refractivity contribution in [2.75, 3.05) is 0 Å². The Morgan fingerprint density at radius 2 is 1.93 bits per heavy atom.